The Hall–Kier alpha value is -4.53. The lowest BCUT2D eigenvalue weighted by Gasteiger charge is -2.16. The minimum Gasteiger partial charge on any atom is -0.493 e. The maximum absolute atomic E-state index is 12.4. The molecule has 0 unspecified atom stereocenters. The summed E-state index contributed by atoms with van der Waals surface area (Å²) in [5.74, 6) is 1.46. The standard InChI is InChI=1S/C24H23N5O4/c1-31-20-11-14(9-16-13-27-24(26)29-22(16)25)10-18(21(20)32-2)15-5-3-6-17(12-15)28-23(30)19-7-4-8-33-19/h3-8,10-13H,9H2,1-2H3,(H,28,30)(H4,25,26,27,29). The predicted molar refractivity (Wildman–Crippen MR) is 125 cm³/mol. The van der Waals surface area contributed by atoms with Crippen LogP contribution in [0, 0.1) is 0 Å². The van der Waals surface area contributed by atoms with E-state index in [4.69, 9.17) is 25.4 Å². The monoisotopic (exact) mass is 445 g/mol. The molecule has 0 bridgehead atoms. The number of anilines is 3. The van der Waals surface area contributed by atoms with E-state index in [-0.39, 0.29) is 17.6 Å². The van der Waals surface area contributed by atoms with Crippen LogP contribution in [0.4, 0.5) is 17.5 Å². The highest BCUT2D eigenvalue weighted by molar-refractivity contribution is 6.02. The third-order valence-corrected chi connectivity index (χ3v) is 5.03. The third-order valence-electron chi connectivity index (χ3n) is 5.03. The fourth-order valence-corrected chi connectivity index (χ4v) is 3.49. The van der Waals surface area contributed by atoms with Gasteiger partial charge in [0.1, 0.15) is 5.82 Å². The number of amides is 1. The first-order valence-corrected chi connectivity index (χ1v) is 10.1. The molecule has 2 heterocycles. The van der Waals surface area contributed by atoms with E-state index in [1.165, 1.54) is 6.26 Å². The summed E-state index contributed by atoms with van der Waals surface area (Å²) in [6.45, 7) is 0. The SMILES string of the molecule is COc1cc(Cc2cnc(N)nc2N)cc(-c2cccc(NC(=O)c3ccco3)c2)c1OC. The van der Waals surface area contributed by atoms with E-state index in [0.29, 0.717) is 29.4 Å². The minimum absolute atomic E-state index is 0.123. The van der Waals surface area contributed by atoms with E-state index in [0.717, 1.165) is 22.3 Å². The van der Waals surface area contributed by atoms with Crippen LogP contribution in [-0.2, 0) is 6.42 Å². The average molecular weight is 445 g/mol. The van der Waals surface area contributed by atoms with Crippen LogP contribution in [0.5, 0.6) is 11.5 Å². The quantitative estimate of drug-likeness (QED) is 0.391. The Balaban J connectivity index is 1.71. The highest BCUT2D eigenvalue weighted by Crippen LogP contribution is 2.40. The van der Waals surface area contributed by atoms with E-state index in [2.05, 4.69) is 15.3 Å². The number of nitrogen functional groups attached to an aromatic ring is 2. The number of furan rings is 1. The number of benzene rings is 2. The van der Waals surface area contributed by atoms with Gasteiger partial charge in [-0.05, 0) is 47.5 Å². The van der Waals surface area contributed by atoms with E-state index in [9.17, 15) is 4.79 Å². The number of rotatable bonds is 7. The van der Waals surface area contributed by atoms with Crippen molar-refractivity contribution in [2.24, 2.45) is 0 Å². The van der Waals surface area contributed by atoms with Crippen LogP contribution in [0.15, 0.2) is 65.4 Å². The molecule has 0 aliphatic carbocycles. The van der Waals surface area contributed by atoms with E-state index < -0.39 is 0 Å². The first-order valence-electron chi connectivity index (χ1n) is 10.1. The number of carbonyl (C=O) groups excluding carboxylic acids is 1. The lowest BCUT2D eigenvalue weighted by molar-refractivity contribution is 0.0996. The molecule has 0 aliphatic rings. The molecule has 1 amide bonds. The lowest BCUT2D eigenvalue weighted by Crippen LogP contribution is -2.10. The average Bonchev–Trinajstić information content (AvgIpc) is 3.36. The first kappa shape index (κ1) is 21.7. The largest absolute Gasteiger partial charge is 0.493 e. The summed E-state index contributed by atoms with van der Waals surface area (Å²) < 4.78 is 16.4. The van der Waals surface area contributed by atoms with Gasteiger partial charge < -0.3 is 30.7 Å². The van der Waals surface area contributed by atoms with Crippen LogP contribution in [0.1, 0.15) is 21.7 Å². The summed E-state index contributed by atoms with van der Waals surface area (Å²) in [7, 11) is 3.15. The molecule has 2 aromatic heterocycles. The number of hydrogen-bond donors (Lipinski definition) is 3. The first-order chi connectivity index (χ1) is 16.0. The van der Waals surface area contributed by atoms with Crippen molar-refractivity contribution in [1.29, 1.82) is 0 Å². The molecule has 2 aromatic carbocycles. The number of nitrogens with zero attached hydrogens (tertiary/aromatic N) is 2. The predicted octanol–water partition coefficient (Wildman–Crippen LogP) is 3.76. The van der Waals surface area contributed by atoms with Gasteiger partial charge in [-0.2, -0.15) is 4.98 Å². The van der Waals surface area contributed by atoms with Gasteiger partial charge in [-0.1, -0.05) is 12.1 Å². The van der Waals surface area contributed by atoms with Gasteiger partial charge in [0.05, 0.1) is 20.5 Å². The lowest BCUT2D eigenvalue weighted by atomic mass is 9.97. The second-order valence-corrected chi connectivity index (χ2v) is 7.21. The molecular formula is C24H23N5O4. The minimum atomic E-state index is -0.339. The van der Waals surface area contributed by atoms with Crippen molar-refractivity contribution < 1.29 is 18.7 Å². The highest BCUT2D eigenvalue weighted by atomic mass is 16.5. The Labute approximate surface area is 190 Å². The van der Waals surface area contributed by atoms with Crippen LogP contribution in [0.2, 0.25) is 0 Å². The molecule has 0 atom stereocenters. The zero-order valence-electron chi connectivity index (χ0n) is 18.2. The molecule has 9 heteroatoms. The highest BCUT2D eigenvalue weighted by Gasteiger charge is 2.17. The number of methoxy groups -OCH3 is 2. The molecule has 9 nitrogen and oxygen atoms in total. The van der Waals surface area contributed by atoms with Gasteiger partial charge >= 0.3 is 0 Å². The van der Waals surface area contributed by atoms with E-state index in [1.807, 2.05) is 30.3 Å². The molecular weight excluding hydrogens is 422 g/mol. The van der Waals surface area contributed by atoms with Crippen molar-refractivity contribution in [3.05, 3.63) is 77.9 Å². The maximum atomic E-state index is 12.4. The zero-order chi connectivity index (χ0) is 23.4. The van der Waals surface area contributed by atoms with Gasteiger partial charge in [-0.3, -0.25) is 4.79 Å². The van der Waals surface area contributed by atoms with Crippen molar-refractivity contribution >= 4 is 23.4 Å². The van der Waals surface area contributed by atoms with Crippen molar-refractivity contribution in [2.45, 2.75) is 6.42 Å². The van der Waals surface area contributed by atoms with Crippen LogP contribution < -0.4 is 26.3 Å². The van der Waals surface area contributed by atoms with Gasteiger partial charge in [-0.15, -0.1) is 0 Å². The number of aromatic nitrogens is 2. The molecule has 0 saturated carbocycles. The summed E-state index contributed by atoms with van der Waals surface area (Å²) >= 11 is 0. The number of nitrogens with two attached hydrogens (primary N) is 2. The Morgan fingerprint density at radius 1 is 1.09 bits per heavy atom. The van der Waals surface area contributed by atoms with Gasteiger partial charge in [0.15, 0.2) is 17.3 Å². The Morgan fingerprint density at radius 3 is 2.64 bits per heavy atom. The number of ether oxygens (including phenoxy) is 2. The van der Waals surface area contributed by atoms with E-state index in [1.54, 1.807) is 38.6 Å². The third kappa shape index (κ3) is 4.72. The summed E-state index contributed by atoms with van der Waals surface area (Å²) in [6.07, 6.45) is 3.53. The molecule has 4 aromatic rings. The number of nitrogens with one attached hydrogen (secondary N) is 1. The van der Waals surface area contributed by atoms with Crippen molar-refractivity contribution in [2.75, 3.05) is 31.0 Å². The molecule has 0 saturated heterocycles. The van der Waals surface area contributed by atoms with Gasteiger partial charge in [0.25, 0.3) is 5.91 Å². The Bertz CT molecular complexity index is 1290. The molecule has 168 valence electrons. The van der Waals surface area contributed by atoms with Crippen LogP contribution in [-0.4, -0.2) is 30.1 Å². The van der Waals surface area contributed by atoms with Crippen LogP contribution in [0.25, 0.3) is 11.1 Å². The fraction of sp³-hybridized carbons (Fsp3) is 0.125. The number of carbonyl (C=O) groups is 1. The van der Waals surface area contributed by atoms with Gasteiger partial charge in [0.2, 0.25) is 5.95 Å². The maximum Gasteiger partial charge on any atom is 0.291 e. The van der Waals surface area contributed by atoms with E-state index >= 15 is 0 Å². The zero-order valence-corrected chi connectivity index (χ0v) is 18.2. The fourth-order valence-electron chi connectivity index (χ4n) is 3.49. The van der Waals surface area contributed by atoms with Crippen molar-refractivity contribution in [1.82, 2.24) is 9.97 Å². The van der Waals surface area contributed by atoms with Gasteiger partial charge in [-0.25, -0.2) is 4.98 Å². The smallest absolute Gasteiger partial charge is 0.291 e. The molecule has 33 heavy (non-hydrogen) atoms. The molecule has 0 aliphatic heterocycles. The second kappa shape index (κ2) is 9.31. The molecule has 0 fully saturated rings. The van der Waals surface area contributed by atoms with Crippen LogP contribution >= 0.6 is 0 Å². The topological polar surface area (TPSA) is 139 Å². The van der Waals surface area contributed by atoms with Crippen molar-refractivity contribution in [3.8, 4) is 22.6 Å². The molecule has 0 spiro atoms. The number of hydrogen-bond acceptors (Lipinski definition) is 8. The van der Waals surface area contributed by atoms with Gasteiger partial charge in [0, 0.05) is 29.4 Å². The Kier molecular flexibility index (Phi) is 6.12. The molecule has 5 N–H and O–H groups in total. The van der Waals surface area contributed by atoms with Crippen molar-refractivity contribution in [3.63, 3.8) is 0 Å². The summed E-state index contributed by atoms with van der Waals surface area (Å²) in [5, 5.41) is 2.84. The summed E-state index contributed by atoms with van der Waals surface area (Å²) in [5.41, 5.74) is 15.5. The summed E-state index contributed by atoms with van der Waals surface area (Å²) in [6, 6.07) is 14.5. The van der Waals surface area contributed by atoms with Crippen LogP contribution in [0.3, 0.4) is 0 Å². The molecule has 4 rings (SSSR count). The second-order valence-electron chi connectivity index (χ2n) is 7.21. The Morgan fingerprint density at radius 2 is 1.94 bits per heavy atom. The molecule has 0 radical (unpaired) electrons. The normalized spacial score (nSPS) is 10.6. The summed E-state index contributed by atoms with van der Waals surface area (Å²) in [4.78, 5) is 20.4.